The molecule has 0 atom stereocenters. The van der Waals surface area contributed by atoms with Crippen molar-refractivity contribution in [1.82, 2.24) is 29.9 Å². The van der Waals surface area contributed by atoms with Gasteiger partial charge in [-0.25, -0.2) is 29.5 Å². The predicted molar refractivity (Wildman–Crippen MR) is 171 cm³/mol. The minimum absolute atomic E-state index is 0. The van der Waals surface area contributed by atoms with Gasteiger partial charge in [-0.2, -0.15) is 0 Å². The number of methoxy groups -OCH3 is 1. The molecule has 234 valence electrons. The van der Waals surface area contributed by atoms with E-state index < -0.39 is 22.8 Å². The fourth-order valence-electron chi connectivity index (χ4n) is 4.30. The quantitative estimate of drug-likeness (QED) is 0.178. The molecule has 0 aliphatic rings. The largest absolute Gasteiger partial charge is 1.00 e. The van der Waals surface area contributed by atoms with E-state index in [4.69, 9.17) is 51.5 Å². The van der Waals surface area contributed by atoms with Crippen molar-refractivity contribution in [1.29, 1.82) is 0 Å². The number of benzene rings is 2. The zero-order valence-corrected chi connectivity index (χ0v) is 29.0. The number of nitrogens with one attached hydrogen (secondary N) is 2. The smallest absolute Gasteiger partial charge is 0.870 e. The Morgan fingerprint density at radius 3 is 1.45 bits per heavy atom. The summed E-state index contributed by atoms with van der Waals surface area (Å²) in [4.78, 5) is 68.9. The number of aromatic amines is 2. The summed E-state index contributed by atoms with van der Waals surface area (Å²) < 4.78 is 4.58. The summed E-state index contributed by atoms with van der Waals surface area (Å²) in [7, 11) is 1.20. The normalized spacial score (nSPS) is 10.3. The zero-order chi connectivity index (χ0) is 32.4. The van der Waals surface area contributed by atoms with Gasteiger partial charge in [0.15, 0.2) is 0 Å². The van der Waals surface area contributed by atoms with Gasteiger partial charge < -0.3 is 25.3 Å². The first-order valence-electron chi connectivity index (χ1n) is 12.5. The Balaban J connectivity index is 0.000000245. The Morgan fingerprint density at radius 1 is 0.681 bits per heavy atom. The summed E-state index contributed by atoms with van der Waals surface area (Å²) in [5, 5.41) is 10.7. The fourth-order valence-corrected chi connectivity index (χ4v) is 5.36. The number of aromatic nitrogens is 6. The summed E-state index contributed by atoms with van der Waals surface area (Å²) in [6, 6.07) is 9.77. The molecule has 2 aromatic carbocycles. The van der Waals surface area contributed by atoms with Crippen molar-refractivity contribution in [3.63, 3.8) is 0 Å². The molecule has 0 aliphatic carbocycles. The Labute approximate surface area is 305 Å². The average molecular weight is 726 g/mol. The SMILES string of the molecule is COC(=O)c1c[nH]c2c(-c3cc(Cl)cc(Cl)c3)ncnc2c1=O.O=C(O)c1c[nH]c2c(-c3cc(Cl)cc(Cl)c3)ncnc2c1=O.[Na+].[OH-]. The standard InChI is InChI=1S/C15H9Cl2N3O3.C14H7Cl2N3O3.Na.H2O/c1-23-15(22)10-5-18-12-11(19-6-20-13(12)14(10)21)7-2-8(16)4-9(17)3-7;15-7-1-6(2-8(16)3-7)10-11-12(19-5-18-10)13(20)9(4-17-11)14(21)22;;/h2-6H,1H3,(H,18,21);1-5H,(H,17,20)(H,21,22);;1H2/q;;+1;/p-1. The van der Waals surface area contributed by atoms with Gasteiger partial charge >= 0.3 is 41.5 Å². The van der Waals surface area contributed by atoms with Gasteiger partial charge in [0.1, 0.15) is 34.8 Å². The van der Waals surface area contributed by atoms with E-state index >= 15 is 0 Å². The van der Waals surface area contributed by atoms with Crippen LogP contribution in [0.5, 0.6) is 0 Å². The number of esters is 1. The van der Waals surface area contributed by atoms with Gasteiger partial charge in [-0.1, -0.05) is 46.4 Å². The number of carbonyl (C=O) groups excluding carboxylic acids is 1. The average Bonchev–Trinajstić information content (AvgIpc) is 3.00. The van der Waals surface area contributed by atoms with E-state index in [-0.39, 0.29) is 57.2 Å². The van der Waals surface area contributed by atoms with Crippen LogP contribution in [0, 0.1) is 0 Å². The van der Waals surface area contributed by atoms with Crippen LogP contribution in [0.4, 0.5) is 0 Å². The maximum atomic E-state index is 12.4. The first-order chi connectivity index (χ1) is 21.5. The number of H-pyrrole nitrogens is 2. The molecule has 4 N–H and O–H groups in total. The van der Waals surface area contributed by atoms with E-state index in [2.05, 4.69) is 34.6 Å². The van der Waals surface area contributed by atoms with Gasteiger partial charge in [-0.15, -0.1) is 0 Å². The second-order valence-corrected chi connectivity index (χ2v) is 10.8. The second kappa shape index (κ2) is 15.8. The number of carboxylic acid groups (broad SMARTS) is 1. The number of rotatable bonds is 4. The first kappa shape index (κ1) is 37.5. The predicted octanol–water partition coefficient (Wildman–Crippen LogP) is 2.90. The molecule has 6 rings (SSSR count). The number of hydrogen-bond acceptors (Lipinski definition) is 10. The minimum Gasteiger partial charge on any atom is -0.870 e. The molecule has 0 spiro atoms. The maximum Gasteiger partial charge on any atom is 1.00 e. The molecule has 0 fully saturated rings. The van der Waals surface area contributed by atoms with Crippen LogP contribution in [0.25, 0.3) is 44.6 Å². The van der Waals surface area contributed by atoms with Crippen LogP contribution in [-0.2, 0) is 4.74 Å². The van der Waals surface area contributed by atoms with Crippen LogP contribution >= 0.6 is 46.4 Å². The van der Waals surface area contributed by atoms with Gasteiger partial charge in [0.2, 0.25) is 10.9 Å². The number of aromatic carboxylic acids is 1. The van der Waals surface area contributed by atoms with Crippen LogP contribution in [0.15, 0.2) is 71.0 Å². The molecule has 0 radical (unpaired) electrons. The number of carboxylic acids is 1. The number of hydrogen-bond donors (Lipinski definition) is 3. The van der Waals surface area contributed by atoms with E-state index in [0.717, 1.165) is 6.20 Å². The van der Waals surface area contributed by atoms with E-state index in [1.165, 1.54) is 26.0 Å². The van der Waals surface area contributed by atoms with Crippen molar-refractivity contribution in [3.05, 3.63) is 113 Å². The molecule has 18 heteroatoms. The number of nitrogens with zero attached hydrogens (tertiary/aromatic N) is 4. The first-order valence-corrected chi connectivity index (χ1v) is 14.0. The number of pyridine rings is 2. The Kier molecular flexibility index (Phi) is 12.6. The van der Waals surface area contributed by atoms with E-state index in [0.29, 0.717) is 53.6 Å². The summed E-state index contributed by atoms with van der Waals surface area (Å²) in [6.07, 6.45) is 4.82. The van der Waals surface area contributed by atoms with Crippen LogP contribution in [-0.4, -0.2) is 59.5 Å². The molecule has 0 saturated heterocycles. The van der Waals surface area contributed by atoms with Crippen LogP contribution in [0.3, 0.4) is 0 Å². The van der Waals surface area contributed by atoms with E-state index in [9.17, 15) is 19.2 Å². The molecule has 13 nitrogen and oxygen atoms in total. The van der Waals surface area contributed by atoms with Gasteiger partial charge in [0.05, 0.1) is 29.5 Å². The molecular formula is C29H17Cl4N6NaO7. The Morgan fingerprint density at radius 2 is 1.06 bits per heavy atom. The summed E-state index contributed by atoms with van der Waals surface area (Å²) >= 11 is 24.0. The monoisotopic (exact) mass is 724 g/mol. The van der Waals surface area contributed by atoms with E-state index in [1.54, 1.807) is 36.4 Å². The fraction of sp³-hybridized carbons (Fsp3) is 0.0345. The van der Waals surface area contributed by atoms with Crippen LogP contribution < -0.4 is 40.4 Å². The van der Waals surface area contributed by atoms with Gasteiger partial charge in [0, 0.05) is 43.6 Å². The van der Waals surface area contributed by atoms with Gasteiger partial charge in [-0.3, -0.25) is 9.59 Å². The molecule has 0 aliphatic heterocycles. The Bertz CT molecular complexity index is 2240. The number of ether oxygens (including phenoxy) is 1. The van der Waals surface area contributed by atoms with Crippen LogP contribution in [0.2, 0.25) is 20.1 Å². The zero-order valence-electron chi connectivity index (χ0n) is 24.0. The molecule has 47 heavy (non-hydrogen) atoms. The Hall–Kier alpha value is -3.92. The third-order valence-electron chi connectivity index (χ3n) is 6.24. The molecule has 0 saturated carbocycles. The second-order valence-electron chi connectivity index (χ2n) is 9.07. The molecule has 0 amide bonds. The van der Waals surface area contributed by atoms with Gasteiger partial charge in [0.25, 0.3) is 0 Å². The number of halogens is 4. The maximum absolute atomic E-state index is 12.4. The molecule has 0 bridgehead atoms. The molecule has 6 aromatic rings. The van der Waals surface area contributed by atoms with Crippen molar-refractivity contribution < 1.29 is 54.5 Å². The number of fused-ring (bicyclic) bond motifs is 2. The molecule has 4 heterocycles. The van der Waals surface area contributed by atoms with Crippen molar-refractivity contribution in [2.75, 3.05) is 7.11 Å². The van der Waals surface area contributed by atoms with Crippen molar-refractivity contribution in [3.8, 4) is 22.5 Å². The molecule has 4 aromatic heterocycles. The summed E-state index contributed by atoms with van der Waals surface area (Å²) in [6.45, 7) is 0. The van der Waals surface area contributed by atoms with Gasteiger partial charge in [-0.05, 0) is 36.4 Å². The topological polar surface area (TPSA) is 211 Å². The van der Waals surface area contributed by atoms with Crippen molar-refractivity contribution in [2.24, 2.45) is 0 Å². The summed E-state index contributed by atoms with van der Waals surface area (Å²) in [5.41, 5.74) is 1.08. The number of carbonyl (C=O) groups is 2. The minimum atomic E-state index is -1.32. The third-order valence-corrected chi connectivity index (χ3v) is 7.12. The van der Waals surface area contributed by atoms with Crippen LogP contribution in [0.1, 0.15) is 20.7 Å². The summed E-state index contributed by atoms with van der Waals surface area (Å²) in [5.74, 6) is -2.06. The van der Waals surface area contributed by atoms with Crippen molar-refractivity contribution in [2.45, 2.75) is 0 Å². The third kappa shape index (κ3) is 7.97. The van der Waals surface area contributed by atoms with E-state index in [1.807, 2.05) is 0 Å². The molecule has 0 unspecified atom stereocenters. The van der Waals surface area contributed by atoms with Crippen molar-refractivity contribution >= 4 is 80.4 Å². The molecular weight excluding hydrogens is 709 g/mol.